The quantitative estimate of drug-likeness (QED) is 0.832. The molecular formula is C15H13ClO2. The zero-order chi connectivity index (χ0) is 13.3. The van der Waals surface area contributed by atoms with Gasteiger partial charge in [-0.05, 0) is 37.1 Å². The zero-order valence-electron chi connectivity index (χ0n) is 10.2. The van der Waals surface area contributed by atoms with E-state index >= 15 is 0 Å². The first-order valence-corrected chi connectivity index (χ1v) is 5.98. The number of aromatic hydroxyl groups is 1. The van der Waals surface area contributed by atoms with Crippen LogP contribution >= 0.6 is 11.6 Å². The molecule has 3 heteroatoms. The number of halogens is 1. The molecule has 0 aliphatic rings. The van der Waals surface area contributed by atoms with Gasteiger partial charge in [-0.1, -0.05) is 35.9 Å². The Labute approximate surface area is 111 Å². The second-order valence-corrected chi connectivity index (χ2v) is 4.67. The Balaban J connectivity index is 2.53. The van der Waals surface area contributed by atoms with E-state index in [9.17, 15) is 9.90 Å². The van der Waals surface area contributed by atoms with Crippen LogP contribution in [0.5, 0.6) is 5.75 Å². The van der Waals surface area contributed by atoms with Crippen LogP contribution in [0.3, 0.4) is 0 Å². The molecule has 2 nitrogen and oxygen atoms in total. The van der Waals surface area contributed by atoms with Gasteiger partial charge in [-0.2, -0.15) is 0 Å². The van der Waals surface area contributed by atoms with Gasteiger partial charge < -0.3 is 5.11 Å². The van der Waals surface area contributed by atoms with E-state index in [1.165, 1.54) is 12.1 Å². The molecule has 0 saturated heterocycles. The van der Waals surface area contributed by atoms with Crippen molar-refractivity contribution in [3.05, 3.63) is 63.7 Å². The number of phenols is 1. The van der Waals surface area contributed by atoms with Crippen molar-refractivity contribution in [1.82, 2.24) is 0 Å². The normalized spacial score (nSPS) is 10.4. The van der Waals surface area contributed by atoms with Crippen LogP contribution in [-0.4, -0.2) is 10.9 Å². The molecule has 0 fully saturated rings. The van der Waals surface area contributed by atoms with Crippen LogP contribution in [0.15, 0.2) is 36.4 Å². The van der Waals surface area contributed by atoms with E-state index in [-0.39, 0.29) is 17.1 Å². The maximum atomic E-state index is 12.3. The Morgan fingerprint density at radius 2 is 1.72 bits per heavy atom. The summed E-state index contributed by atoms with van der Waals surface area (Å²) < 4.78 is 0. The van der Waals surface area contributed by atoms with Crippen LogP contribution in [0, 0.1) is 13.8 Å². The molecule has 1 N–H and O–H groups in total. The highest BCUT2D eigenvalue weighted by atomic mass is 35.5. The van der Waals surface area contributed by atoms with Gasteiger partial charge in [0.25, 0.3) is 0 Å². The van der Waals surface area contributed by atoms with E-state index in [4.69, 9.17) is 11.6 Å². The predicted molar refractivity (Wildman–Crippen MR) is 72.5 cm³/mol. The van der Waals surface area contributed by atoms with Gasteiger partial charge in [0.05, 0.1) is 5.56 Å². The molecule has 0 spiro atoms. The van der Waals surface area contributed by atoms with Crippen molar-refractivity contribution in [3.63, 3.8) is 0 Å². The maximum absolute atomic E-state index is 12.3. The second-order valence-electron chi connectivity index (χ2n) is 4.26. The van der Waals surface area contributed by atoms with E-state index in [0.717, 1.165) is 11.1 Å². The van der Waals surface area contributed by atoms with Crippen molar-refractivity contribution in [2.24, 2.45) is 0 Å². The van der Waals surface area contributed by atoms with Crippen LogP contribution in [0.25, 0.3) is 0 Å². The van der Waals surface area contributed by atoms with Crippen LogP contribution in [0.1, 0.15) is 27.0 Å². The summed E-state index contributed by atoms with van der Waals surface area (Å²) in [7, 11) is 0. The lowest BCUT2D eigenvalue weighted by Gasteiger charge is -2.08. The first kappa shape index (κ1) is 12.7. The summed E-state index contributed by atoms with van der Waals surface area (Å²) in [4.78, 5) is 12.3. The molecular weight excluding hydrogens is 248 g/mol. The summed E-state index contributed by atoms with van der Waals surface area (Å²) >= 11 is 5.99. The zero-order valence-corrected chi connectivity index (χ0v) is 11.0. The fraction of sp³-hybridized carbons (Fsp3) is 0.133. The van der Waals surface area contributed by atoms with Gasteiger partial charge in [0.15, 0.2) is 5.78 Å². The van der Waals surface area contributed by atoms with Gasteiger partial charge >= 0.3 is 0 Å². The lowest BCUT2D eigenvalue weighted by Crippen LogP contribution is -2.04. The summed E-state index contributed by atoms with van der Waals surface area (Å²) in [6, 6.07) is 10.3. The van der Waals surface area contributed by atoms with Gasteiger partial charge in [0.2, 0.25) is 0 Å². The van der Waals surface area contributed by atoms with E-state index in [2.05, 4.69) is 0 Å². The molecule has 0 aromatic heterocycles. The summed E-state index contributed by atoms with van der Waals surface area (Å²) in [6.45, 7) is 3.64. The summed E-state index contributed by atoms with van der Waals surface area (Å²) in [6.07, 6.45) is 0. The molecule has 92 valence electrons. The van der Waals surface area contributed by atoms with Crippen molar-refractivity contribution < 1.29 is 9.90 Å². The molecule has 0 amide bonds. The van der Waals surface area contributed by atoms with Gasteiger partial charge in [-0.3, -0.25) is 4.79 Å². The number of aryl methyl sites for hydroxylation is 2. The molecule has 0 heterocycles. The summed E-state index contributed by atoms with van der Waals surface area (Å²) in [5.41, 5.74) is 2.43. The number of hydrogen-bond acceptors (Lipinski definition) is 2. The molecule has 2 aromatic rings. The molecule has 0 aliphatic carbocycles. The highest BCUT2D eigenvalue weighted by molar-refractivity contribution is 6.32. The number of carbonyl (C=O) groups is 1. The standard InChI is InChI=1S/C15H13ClO2/c1-9-5-3-4-6-11(9)15(18)12-8-13(16)10(2)7-14(12)17/h3-8,17H,1-2H3. The Kier molecular flexibility index (Phi) is 3.39. The van der Waals surface area contributed by atoms with E-state index in [1.54, 1.807) is 19.1 Å². The van der Waals surface area contributed by atoms with Crippen molar-refractivity contribution >= 4 is 17.4 Å². The molecule has 0 atom stereocenters. The fourth-order valence-corrected chi connectivity index (χ4v) is 1.98. The van der Waals surface area contributed by atoms with E-state index in [1.807, 2.05) is 19.1 Å². The minimum absolute atomic E-state index is 0.0369. The largest absolute Gasteiger partial charge is 0.507 e. The Bertz CT molecular complexity index is 618. The van der Waals surface area contributed by atoms with Crippen LogP contribution < -0.4 is 0 Å². The average Bonchev–Trinajstić information content (AvgIpc) is 2.33. The Hall–Kier alpha value is -1.80. The maximum Gasteiger partial charge on any atom is 0.197 e. The Morgan fingerprint density at radius 3 is 2.39 bits per heavy atom. The number of carbonyl (C=O) groups excluding carboxylic acids is 1. The topological polar surface area (TPSA) is 37.3 Å². The predicted octanol–water partition coefficient (Wildman–Crippen LogP) is 3.89. The van der Waals surface area contributed by atoms with Crippen LogP contribution in [0.4, 0.5) is 0 Å². The number of hydrogen-bond donors (Lipinski definition) is 1. The molecule has 18 heavy (non-hydrogen) atoms. The number of rotatable bonds is 2. The third-order valence-corrected chi connectivity index (χ3v) is 3.32. The molecule has 0 bridgehead atoms. The first-order valence-electron chi connectivity index (χ1n) is 5.60. The highest BCUT2D eigenvalue weighted by Crippen LogP contribution is 2.28. The van der Waals surface area contributed by atoms with Gasteiger partial charge in [-0.15, -0.1) is 0 Å². The first-order chi connectivity index (χ1) is 8.50. The molecule has 2 aromatic carbocycles. The molecule has 0 unspecified atom stereocenters. The average molecular weight is 261 g/mol. The lowest BCUT2D eigenvalue weighted by atomic mass is 9.98. The van der Waals surface area contributed by atoms with Crippen molar-refractivity contribution in [2.75, 3.05) is 0 Å². The second kappa shape index (κ2) is 4.83. The van der Waals surface area contributed by atoms with Gasteiger partial charge in [0.1, 0.15) is 5.75 Å². The molecule has 0 aliphatic heterocycles. The lowest BCUT2D eigenvalue weighted by molar-refractivity contribution is 0.103. The van der Waals surface area contributed by atoms with Gasteiger partial charge in [-0.25, -0.2) is 0 Å². The van der Waals surface area contributed by atoms with Crippen molar-refractivity contribution in [3.8, 4) is 5.75 Å². The van der Waals surface area contributed by atoms with Crippen molar-refractivity contribution in [2.45, 2.75) is 13.8 Å². The number of benzene rings is 2. The number of phenolic OH excluding ortho intramolecular Hbond substituents is 1. The molecule has 2 rings (SSSR count). The van der Waals surface area contributed by atoms with Crippen LogP contribution in [-0.2, 0) is 0 Å². The summed E-state index contributed by atoms with van der Waals surface area (Å²) in [5, 5.41) is 10.3. The minimum Gasteiger partial charge on any atom is -0.507 e. The fourth-order valence-electron chi connectivity index (χ4n) is 1.82. The third kappa shape index (κ3) is 2.24. The smallest absolute Gasteiger partial charge is 0.197 e. The molecule has 0 saturated carbocycles. The van der Waals surface area contributed by atoms with Crippen molar-refractivity contribution in [1.29, 1.82) is 0 Å². The minimum atomic E-state index is -0.215. The summed E-state index contributed by atoms with van der Waals surface area (Å²) in [5.74, 6) is -0.252. The van der Waals surface area contributed by atoms with E-state index in [0.29, 0.717) is 10.6 Å². The van der Waals surface area contributed by atoms with Gasteiger partial charge in [0, 0.05) is 10.6 Å². The van der Waals surface area contributed by atoms with E-state index < -0.39 is 0 Å². The monoisotopic (exact) mass is 260 g/mol. The highest BCUT2D eigenvalue weighted by Gasteiger charge is 2.16. The Morgan fingerprint density at radius 1 is 1.06 bits per heavy atom. The third-order valence-electron chi connectivity index (χ3n) is 2.91. The number of ketones is 1. The van der Waals surface area contributed by atoms with Crippen LogP contribution in [0.2, 0.25) is 5.02 Å². The molecule has 0 radical (unpaired) electrons. The SMILES string of the molecule is Cc1cc(O)c(C(=O)c2ccccc2C)cc1Cl.